The SMILES string of the molecule is C1=Cc2ccccc2OC1.Cl. The maximum atomic E-state index is 5.34. The molecule has 11 heavy (non-hydrogen) atoms. The first-order valence-corrected chi connectivity index (χ1v) is 3.35. The van der Waals surface area contributed by atoms with E-state index in [4.69, 9.17) is 4.74 Å². The maximum absolute atomic E-state index is 5.34. The molecule has 0 saturated carbocycles. The molecule has 2 rings (SSSR count). The summed E-state index contributed by atoms with van der Waals surface area (Å²) in [4.78, 5) is 0. The van der Waals surface area contributed by atoms with Crippen LogP contribution >= 0.6 is 12.4 Å². The lowest BCUT2D eigenvalue weighted by Crippen LogP contribution is -1.98. The monoisotopic (exact) mass is 168 g/mol. The fraction of sp³-hybridized carbons (Fsp3) is 0.111. The van der Waals surface area contributed by atoms with E-state index in [1.54, 1.807) is 0 Å². The van der Waals surface area contributed by atoms with E-state index in [0.29, 0.717) is 6.61 Å². The second kappa shape index (κ2) is 3.44. The van der Waals surface area contributed by atoms with E-state index in [9.17, 15) is 0 Å². The Kier molecular flexibility index (Phi) is 2.55. The lowest BCUT2D eigenvalue weighted by atomic mass is 10.1. The number of rotatable bonds is 0. The van der Waals surface area contributed by atoms with Gasteiger partial charge in [0.25, 0.3) is 0 Å². The molecule has 0 radical (unpaired) electrons. The number of ether oxygens (including phenoxy) is 1. The molecule has 0 aromatic heterocycles. The fourth-order valence-corrected chi connectivity index (χ4v) is 1.06. The van der Waals surface area contributed by atoms with Gasteiger partial charge in [0.15, 0.2) is 0 Å². The molecule has 0 saturated heterocycles. The summed E-state index contributed by atoms with van der Waals surface area (Å²) in [6.07, 6.45) is 4.10. The number of halogens is 1. The van der Waals surface area contributed by atoms with Crippen LogP contribution in [0.4, 0.5) is 0 Å². The molecule has 1 aliphatic rings. The van der Waals surface area contributed by atoms with Crippen molar-refractivity contribution in [3.8, 4) is 5.75 Å². The Bertz CT molecular complexity index is 268. The first-order chi connectivity index (χ1) is 4.97. The summed E-state index contributed by atoms with van der Waals surface area (Å²) in [7, 11) is 0. The third kappa shape index (κ3) is 1.55. The van der Waals surface area contributed by atoms with Gasteiger partial charge in [-0.3, -0.25) is 0 Å². The molecule has 0 N–H and O–H groups in total. The van der Waals surface area contributed by atoms with Gasteiger partial charge in [-0.15, -0.1) is 12.4 Å². The van der Waals surface area contributed by atoms with E-state index >= 15 is 0 Å². The minimum absolute atomic E-state index is 0. The second-order valence-electron chi connectivity index (χ2n) is 2.25. The van der Waals surface area contributed by atoms with Gasteiger partial charge in [-0.05, 0) is 12.1 Å². The second-order valence-corrected chi connectivity index (χ2v) is 2.25. The minimum Gasteiger partial charge on any atom is -0.489 e. The zero-order valence-electron chi connectivity index (χ0n) is 5.99. The van der Waals surface area contributed by atoms with Crippen molar-refractivity contribution in [1.29, 1.82) is 0 Å². The Labute approximate surface area is 72.1 Å². The van der Waals surface area contributed by atoms with Crippen molar-refractivity contribution in [1.82, 2.24) is 0 Å². The molecule has 0 fully saturated rings. The molecule has 58 valence electrons. The van der Waals surface area contributed by atoms with Gasteiger partial charge < -0.3 is 4.74 Å². The maximum Gasteiger partial charge on any atom is 0.126 e. The Morgan fingerprint density at radius 1 is 1.18 bits per heavy atom. The van der Waals surface area contributed by atoms with Crippen LogP contribution in [0, 0.1) is 0 Å². The van der Waals surface area contributed by atoms with Crippen molar-refractivity contribution in [3.63, 3.8) is 0 Å². The van der Waals surface area contributed by atoms with Crippen molar-refractivity contribution in [2.75, 3.05) is 6.61 Å². The van der Waals surface area contributed by atoms with Crippen LogP contribution in [0.3, 0.4) is 0 Å². The van der Waals surface area contributed by atoms with Crippen LogP contribution in [-0.4, -0.2) is 6.61 Å². The predicted molar refractivity (Wildman–Crippen MR) is 48.2 cm³/mol. The van der Waals surface area contributed by atoms with Crippen molar-refractivity contribution in [2.45, 2.75) is 0 Å². The molecule has 1 aliphatic heterocycles. The third-order valence-corrected chi connectivity index (χ3v) is 1.55. The highest BCUT2D eigenvalue weighted by Gasteiger charge is 2.01. The van der Waals surface area contributed by atoms with Crippen LogP contribution in [0.2, 0.25) is 0 Å². The molecule has 2 heteroatoms. The van der Waals surface area contributed by atoms with E-state index in [1.807, 2.05) is 30.3 Å². The zero-order chi connectivity index (χ0) is 6.81. The molecule has 0 unspecified atom stereocenters. The lowest BCUT2D eigenvalue weighted by Gasteiger charge is -2.10. The van der Waals surface area contributed by atoms with E-state index in [2.05, 4.69) is 6.08 Å². The Morgan fingerprint density at radius 2 is 2.00 bits per heavy atom. The Morgan fingerprint density at radius 3 is 2.82 bits per heavy atom. The van der Waals surface area contributed by atoms with Crippen molar-refractivity contribution >= 4 is 18.5 Å². The molecule has 0 aliphatic carbocycles. The summed E-state index contributed by atoms with van der Waals surface area (Å²) in [5.74, 6) is 0.991. The smallest absolute Gasteiger partial charge is 0.126 e. The molecule has 0 amide bonds. The summed E-state index contributed by atoms with van der Waals surface area (Å²) in [6.45, 7) is 0.705. The summed E-state index contributed by atoms with van der Waals surface area (Å²) in [5.41, 5.74) is 1.17. The molecule has 0 atom stereocenters. The van der Waals surface area contributed by atoms with Crippen LogP contribution in [0.25, 0.3) is 6.08 Å². The number of hydrogen-bond acceptors (Lipinski definition) is 1. The Hall–Kier alpha value is -0.950. The topological polar surface area (TPSA) is 9.23 Å². The van der Waals surface area contributed by atoms with Gasteiger partial charge in [0.1, 0.15) is 12.4 Å². The molecule has 1 aromatic carbocycles. The molecule has 0 bridgehead atoms. The van der Waals surface area contributed by atoms with Crippen LogP contribution < -0.4 is 4.74 Å². The van der Waals surface area contributed by atoms with Crippen LogP contribution in [-0.2, 0) is 0 Å². The first-order valence-electron chi connectivity index (χ1n) is 3.35. The fourth-order valence-electron chi connectivity index (χ4n) is 1.06. The number of fused-ring (bicyclic) bond motifs is 1. The minimum atomic E-state index is 0. The lowest BCUT2D eigenvalue weighted by molar-refractivity contribution is 0.358. The molecule has 1 aromatic rings. The van der Waals surface area contributed by atoms with Crippen LogP contribution in [0.15, 0.2) is 30.3 Å². The van der Waals surface area contributed by atoms with Crippen molar-refractivity contribution in [3.05, 3.63) is 35.9 Å². The van der Waals surface area contributed by atoms with E-state index in [1.165, 1.54) is 5.56 Å². The summed E-state index contributed by atoms with van der Waals surface area (Å²) in [5, 5.41) is 0. The predicted octanol–water partition coefficient (Wildman–Crippen LogP) is 2.51. The molecule has 1 heterocycles. The first kappa shape index (κ1) is 8.15. The van der Waals surface area contributed by atoms with Gasteiger partial charge in [-0.25, -0.2) is 0 Å². The molecular formula is C9H9ClO. The average Bonchev–Trinajstić information content (AvgIpc) is 2.05. The zero-order valence-corrected chi connectivity index (χ0v) is 6.80. The molecule has 1 nitrogen and oxygen atoms in total. The number of para-hydroxylation sites is 1. The quantitative estimate of drug-likeness (QED) is 0.579. The number of hydrogen-bond donors (Lipinski definition) is 0. The standard InChI is InChI=1S/C9H8O.ClH/c1-2-6-9-8(4-1)5-3-7-10-9;/h1-6H,7H2;1H. The van der Waals surface area contributed by atoms with E-state index < -0.39 is 0 Å². The third-order valence-electron chi connectivity index (χ3n) is 1.55. The van der Waals surface area contributed by atoms with Crippen LogP contribution in [0.5, 0.6) is 5.75 Å². The van der Waals surface area contributed by atoms with Crippen molar-refractivity contribution < 1.29 is 4.74 Å². The largest absolute Gasteiger partial charge is 0.489 e. The highest BCUT2D eigenvalue weighted by atomic mass is 35.5. The van der Waals surface area contributed by atoms with Crippen LogP contribution in [0.1, 0.15) is 5.56 Å². The van der Waals surface area contributed by atoms with E-state index in [0.717, 1.165) is 5.75 Å². The van der Waals surface area contributed by atoms with Crippen molar-refractivity contribution in [2.24, 2.45) is 0 Å². The van der Waals surface area contributed by atoms with Gasteiger partial charge in [-0.2, -0.15) is 0 Å². The van der Waals surface area contributed by atoms with Gasteiger partial charge >= 0.3 is 0 Å². The van der Waals surface area contributed by atoms with Gasteiger partial charge in [-0.1, -0.05) is 24.3 Å². The van der Waals surface area contributed by atoms with Gasteiger partial charge in [0, 0.05) is 5.56 Å². The summed E-state index contributed by atoms with van der Waals surface area (Å²) in [6, 6.07) is 8.03. The normalized spacial score (nSPS) is 12.7. The van der Waals surface area contributed by atoms with Gasteiger partial charge in [0.05, 0.1) is 0 Å². The highest BCUT2D eigenvalue weighted by Crippen LogP contribution is 2.21. The van der Waals surface area contributed by atoms with Gasteiger partial charge in [0.2, 0.25) is 0 Å². The highest BCUT2D eigenvalue weighted by molar-refractivity contribution is 5.85. The average molecular weight is 169 g/mol. The van der Waals surface area contributed by atoms with E-state index in [-0.39, 0.29) is 12.4 Å². The molecular weight excluding hydrogens is 160 g/mol. The Balaban J connectivity index is 0.000000605. The molecule has 0 spiro atoms. The summed E-state index contributed by atoms with van der Waals surface area (Å²) < 4.78 is 5.34. The number of benzene rings is 1. The summed E-state index contributed by atoms with van der Waals surface area (Å²) >= 11 is 0.